The molecule has 2 aromatic rings. The molecule has 3 fully saturated rings. The molecule has 0 spiro atoms. The van der Waals surface area contributed by atoms with Gasteiger partial charge in [-0.3, -0.25) is 9.59 Å². The number of rotatable bonds is 7. The molecule has 0 aliphatic heterocycles. The SMILES string of the molecule is Cc1ccc(NC(=O)[C@H]2CC(=O)C[C@@H]2c2nnc([C@H]3C[C@@H](CC(C)C)C3)n2C2CC2)c(C)c1. The van der Waals surface area contributed by atoms with Crippen molar-refractivity contribution in [3.63, 3.8) is 0 Å². The van der Waals surface area contributed by atoms with Crippen LogP contribution in [0.15, 0.2) is 18.2 Å². The first-order valence-corrected chi connectivity index (χ1v) is 12.6. The third-order valence-electron chi connectivity index (χ3n) is 7.76. The summed E-state index contributed by atoms with van der Waals surface area (Å²) in [5.74, 6) is 3.45. The number of amides is 1. The maximum atomic E-state index is 13.3. The molecule has 0 saturated heterocycles. The zero-order chi connectivity index (χ0) is 23.3. The van der Waals surface area contributed by atoms with E-state index in [0.717, 1.165) is 53.1 Å². The molecule has 0 radical (unpaired) electrons. The number of hydrogen-bond donors (Lipinski definition) is 1. The number of Topliss-reactive ketones (excluding diaryl/α,β-unsaturated/α-hetero) is 1. The van der Waals surface area contributed by atoms with Crippen LogP contribution in [-0.2, 0) is 9.59 Å². The van der Waals surface area contributed by atoms with Gasteiger partial charge in [0, 0.05) is 36.4 Å². The van der Waals surface area contributed by atoms with Crippen LogP contribution < -0.4 is 5.32 Å². The zero-order valence-electron chi connectivity index (χ0n) is 20.3. The fourth-order valence-electron chi connectivity index (χ4n) is 5.94. The monoisotopic (exact) mass is 448 g/mol. The van der Waals surface area contributed by atoms with E-state index in [0.29, 0.717) is 18.4 Å². The lowest BCUT2D eigenvalue weighted by molar-refractivity contribution is -0.122. The van der Waals surface area contributed by atoms with Gasteiger partial charge >= 0.3 is 0 Å². The second-order valence-electron chi connectivity index (χ2n) is 11.1. The largest absolute Gasteiger partial charge is 0.326 e. The van der Waals surface area contributed by atoms with Crippen molar-refractivity contribution in [2.75, 3.05) is 5.32 Å². The first-order chi connectivity index (χ1) is 15.8. The summed E-state index contributed by atoms with van der Waals surface area (Å²) in [6, 6.07) is 6.45. The average molecular weight is 449 g/mol. The number of aryl methyl sites for hydroxylation is 2. The average Bonchev–Trinajstić information content (AvgIpc) is 3.35. The van der Waals surface area contributed by atoms with E-state index in [9.17, 15) is 9.59 Å². The van der Waals surface area contributed by atoms with Crippen LogP contribution in [0.1, 0.15) is 99.4 Å². The molecular weight excluding hydrogens is 412 g/mol. The molecule has 6 nitrogen and oxygen atoms in total. The van der Waals surface area contributed by atoms with Crippen molar-refractivity contribution in [1.29, 1.82) is 0 Å². The molecule has 1 heterocycles. The van der Waals surface area contributed by atoms with Gasteiger partial charge in [0.05, 0.1) is 5.92 Å². The Balaban J connectivity index is 1.37. The lowest BCUT2D eigenvalue weighted by Gasteiger charge is -2.36. The molecule has 0 unspecified atom stereocenters. The number of ketones is 1. The lowest BCUT2D eigenvalue weighted by Crippen LogP contribution is -2.28. The molecule has 3 aliphatic rings. The molecule has 3 saturated carbocycles. The minimum atomic E-state index is -0.386. The Morgan fingerprint density at radius 2 is 1.85 bits per heavy atom. The Morgan fingerprint density at radius 1 is 1.12 bits per heavy atom. The molecule has 33 heavy (non-hydrogen) atoms. The summed E-state index contributed by atoms with van der Waals surface area (Å²) in [6.45, 7) is 8.62. The summed E-state index contributed by atoms with van der Waals surface area (Å²) in [6.07, 6.45) is 6.59. The van der Waals surface area contributed by atoms with Gasteiger partial charge in [-0.1, -0.05) is 31.5 Å². The second-order valence-corrected chi connectivity index (χ2v) is 11.1. The highest BCUT2D eigenvalue weighted by molar-refractivity contribution is 5.99. The minimum Gasteiger partial charge on any atom is -0.326 e. The molecule has 3 aliphatic carbocycles. The fourth-order valence-corrected chi connectivity index (χ4v) is 5.94. The van der Waals surface area contributed by atoms with E-state index in [2.05, 4.69) is 40.0 Å². The summed E-state index contributed by atoms with van der Waals surface area (Å²) in [7, 11) is 0. The van der Waals surface area contributed by atoms with Crippen molar-refractivity contribution in [2.45, 2.75) is 90.5 Å². The van der Waals surface area contributed by atoms with Gasteiger partial charge in [0.1, 0.15) is 17.4 Å². The highest BCUT2D eigenvalue weighted by Crippen LogP contribution is 2.49. The van der Waals surface area contributed by atoms with Crippen LogP contribution in [0.3, 0.4) is 0 Å². The van der Waals surface area contributed by atoms with E-state index >= 15 is 0 Å². The summed E-state index contributed by atoms with van der Waals surface area (Å²) in [5, 5.41) is 12.4. The highest BCUT2D eigenvalue weighted by atomic mass is 16.2. The first-order valence-electron chi connectivity index (χ1n) is 12.6. The smallest absolute Gasteiger partial charge is 0.228 e. The third kappa shape index (κ3) is 4.49. The van der Waals surface area contributed by atoms with Gasteiger partial charge in [-0.15, -0.1) is 10.2 Å². The van der Waals surface area contributed by atoms with E-state index in [-0.39, 0.29) is 29.9 Å². The van der Waals surface area contributed by atoms with E-state index in [1.807, 2.05) is 26.0 Å². The molecule has 2 atom stereocenters. The van der Waals surface area contributed by atoms with Gasteiger partial charge in [0.15, 0.2) is 0 Å². The van der Waals surface area contributed by atoms with Gasteiger partial charge in [-0.2, -0.15) is 0 Å². The Bertz CT molecular complexity index is 1060. The predicted molar refractivity (Wildman–Crippen MR) is 128 cm³/mol. The fraction of sp³-hybridized carbons (Fsp3) is 0.630. The first kappa shape index (κ1) is 22.3. The van der Waals surface area contributed by atoms with Crippen LogP contribution in [-0.4, -0.2) is 26.5 Å². The molecular formula is C27H36N4O2. The topological polar surface area (TPSA) is 76.9 Å². The Morgan fingerprint density at radius 3 is 2.52 bits per heavy atom. The van der Waals surface area contributed by atoms with Crippen molar-refractivity contribution in [1.82, 2.24) is 14.8 Å². The molecule has 1 aromatic carbocycles. The molecule has 176 valence electrons. The van der Waals surface area contributed by atoms with Crippen LogP contribution in [0.5, 0.6) is 0 Å². The van der Waals surface area contributed by atoms with Crippen LogP contribution >= 0.6 is 0 Å². The van der Waals surface area contributed by atoms with Crippen molar-refractivity contribution >= 4 is 17.4 Å². The van der Waals surface area contributed by atoms with E-state index in [1.165, 1.54) is 19.3 Å². The van der Waals surface area contributed by atoms with Gasteiger partial charge in [-0.25, -0.2) is 0 Å². The molecule has 1 N–H and O–H groups in total. The van der Waals surface area contributed by atoms with E-state index in [4.69, 9.17) is 0 Å². The number of hydrogen-bond acceptors (Lipinski definition) is 4. The third-order valence-corrected chi connectivity index (χ3v) is 7.76. The summed E-state index contributed by atoms with van der Waals surface area (Å²) >= 11 is 0. The van der Waals surface area contributed by atoms with Crippen LogP contribution in [0, 0.1) is 31.6 Å². The predicted octanol–water partition coefficient (Wildman–Crippen LogP) is 5.47. The number of nitrogens with one attached hydrogen (secondary N) is 1. The molecule has 0 bridgehead atoms. The van der Waals surface area contributed by atoms with Crippen molar-refractivity contribution in [3.8, 4) is 0 Å². The van der Waals surface area contributed by atoms with E-state index < -0.39 is 0 Å². The maximum absolute atomic E-state index is 13.3. The standard InChI is InChI=1S/C27H36N4O2/c1-15(2)9-18-11-19(12-18)25-29-30-26(31(25)20-6-7-20)22-13-21(32)14-23(22)27(33)28-24-8-5-16(3)10-17(24)4/h5,8,10,15,18-20,22-23H,6-7,9,11-14H2,1-4H3,(H,28,33)/t18-,19+,22-,23-/m0/s1. The van der Waals surface area contributed by atoms with Crippen molar-refractivity contribution < 1.29 is 9.59 Å². The van der Waals surface area contributed by atoms with Crippen molar-refractivity contribution in [2.24, 2.45) is 17.8 Å². The summed E-state index contributed by atoms with van der Waals surface area (Å²) in [4.78, 5) is 25.8. The molecule has 1 aromatic heterocycles. The number of carbonyl (C=O) groups is 2. The quantitative estimate of drug-likeness (QED) is 0.609. The number of benzene rings is 1. The van der Waals surface area contributed by atoms with Gasteiger partial charge in [-0.05, 0) is 69.4 Å². The second kappa shape index (κ2) is 8.69. The van der Waals surface area contributed by atoms with Crippen LogP contribution in [0.2, 0.25) is 0 Å². The van der Waals surface area contributed by atoms with E-state index in [1.54, 1.807) is 0 Å². The van der Waals surface area contributed by atoms with Gasteiger partial charge in [0.2, 0.25) is 5.91 Å². The number of nitrogens with zero attached hydrogens (tertiary/aromatic N) is 3. The number of carbonyl (C=O) groups excluding carboxylic acids is 2. The molecule has 5 rings (SSSR count). The Hall–Kier alpha value is -2.50. The Kier molecular flexibility index (Phi) is 5.87. The lowest BCUT2D eigenvalue weighted by atomic mass is 9.71. The van der Waals surface area contributed by atoms with Gasteiger partial charge in [0.25, 0.3) is 0 Å². The maximum Gasteiger partial charge on any atom is 0.228 e. The highest BCUT2D eigenvalue weighted by Gasteiger charge is 2.45. The van der Waals surface area contributed by atoms with Crippen molar-refractivity contribution in [3.05, 3.63) is 41.0 Å². The zero-order valence-corrected chi connectivity index (χ0v) is 20.3. The minimum absolute atomic E-state index is 0.0784. The van der Waals surface area contributed by atoms with Crippen LogP contribution in [0.25, 0.3) is 0 Å². The van der Waals surface area contributed by atoms with Gasteiger partial charge < -0.3 is 9.88 Å². The van der Waals surface area contributed by atoms with Crippen LogP contribution in [0.4, 0.5) is 5.69 Å². The normalized spacial score (nSPS) is 27.1. The summed E-state index contributed by atoms with van der Waals surface area (Å²) in [5.41, 5.74) is 3.02. The molecule has 1 amide bonds. The number of aromatic nitrogens is 3. The Labute approximate surface area is 196 Å². The summed E-state index contributed by atoms with van der Waals surface area (Å²) < 4.78 is 2.33. The number of anilines is 1. The molecule has 6 heteroatoms.